The molecule has 18 heavy (non-hydrogen) atoms. The van der Waals surface area contributed by atoms with Crippen LogP contribution in [0.2, 0.25) is 0 Å². The van der Waals surface area contributed by atoms with Gasteiger partial charge in [-0.15, -0.1) is 0 Å². The Kier molecular flexibility index (Phi) is 4.67. The number of hydrogen-bond acceptors (Lipinski definition) is 4. The smallest absolute Gasteiger partial charge is 0.150 e. The van der Waals surface area contributed by atoms with Crippen LogP contribution in [0.4, 0.5) is 0 Å². The van der Waals surface area contributed by atoms with E-state index in [1.165, 1.54) is 19.3 Å². The lowest BCUT2D eigenvalue weighted by Gasteiger charge is -2.37. The van der Waals surface area contributed by atoms with E-state index >= 15 is 0 Å². The Morgan fingerprint density at radius 2 is 1.72 bits per heavy atom. The van der Waals surface area contributed by atoms with Gasteiger partial charge in [-0.1, -0.05) is 19.3 Å². The predicted molar refractivity (Wildman–Crippen MR) is 72.3 cm³/mol. The Hall–Kier alpha value is -0.130. The number of sulfone groups is 1. The first-order chi connectivity index (χ1) is 8.55. The van der Waals surface area contributed by atoms with Crippen molar-refractivity contribution in [2.45, 2.75) is 51.0 Å². The monoisotopic (exact) mass is 275 g/mol. The highest BCUT2D eigenvalue weighted by molar-refractivity contribution is 7.91. The zero-order valence-electron chi connectivity index (χ0n) is 11.0. The van der Waals surface area contributed by atoms with Gasteiger partial charge in [0.05, 0.1) is 11.5 Å². The van der Waals surface area contributed by atoms with E-state index < -0.39 is 9.84 Å². The minimum Gasteiger partial charge on any atom is -0.396 e. The topological polar surface area (TPSA) is 66.4 Å². The molecule has 4 nitrogen and oxygen atoms in total. The number of hydrogen-bond donors (Lipinski definition) is 2. The molecule has 0 aromatic carbocycles. The van der Waals surface area contributed by atoms with Crippen molar-refractivity contribution in [3.05, 3.63) is 0 Å². The lowest BCUT2D eigenvalue weighted by molar-refractivity contribution is 0.0779. The van der Waals surface area contributed by atoms with E-state index in [1.807, 2.05) is 0 Å². The van der Waals surface area contributed by atoms with Crippen LogP contribution in [0.3, 0.4) is 0 Å². The maximum Gasteiger partial charge on any atom is 0.150 e. The molecular formula is C13H25NO3S. The number of aliphatic hydroxyl groups excluding tert-OH is 1. The molecule has 5 heteroatoms. The average Bonchev–Trinajstić information content (AvgIpc) is 2.39. The van der Waals surface area contributed by atoms with Gasteiger partial charge in [0.25, 0.3) is 0 Å². The first-order valence-corrected chi connectivity index (χ1v) is 8.92. The van der Waals surface area contributed by atoms with Crippen molar-refractivity contribution in [2.75, 3.05) is 24.7 Å². The van der Waals surface area contributed by atoms with E-state index in [0.29, 0.717) is 17.5 Å². The summed E-state index contributed by atoms with van der Waals surface area (Å²) in [4.78, 5) is 0. The molecule has 0 bridgehead atoms. The second-order valence-corrected chi connectivity index (χ2v) is 8.33. The third kappa shape index (κ3) is 3.68. The van der Waals surface area contributed by atoms with Gasteiger partial charge in [0.15, 0.2) is 0 Å². The summed E-state index contributed by atoms with van der Waals surface area (Å²) in [5, 5.41) is 13.1. The van der Waals surface area contributed by atoms with Crippen molar-refractivity contribution >= 4 is 9.84 Å². The predicted octanol–water partition coefficient (Wildman–Crippen LogP) is 1.10. The molecule has 0 atom stereocenters. The fourth-order valence-electron chi connectivity index (χ4n) is 3.15. The summed E-state index contributed by atoms with van der Waals surface area (Å²) in [6, 6.07) is 0.318. The summed E-state index contributed by atoms with van der Waals surface area (Å²) in [5.74, 6) is 0.633. The fourth-order valence-corrected chi connectivity index (χ4v) is 4.64. The second-order valence-electron chi connectivity index (χ2n) is 6.03. The van der Waals surface area contributed by atoms with Crippen LogP contribution in [-0.4, -0.2) is 44.2 Å². The highest BCUT2D eigenvalue weighted by Crippen LogP contribution is 2.35. The molecule has 2 aliphatic rings. The van der Waals surface area contributed by atoms with Crippen LogP contribution in [0.25, 0.3) is 0 Å². The lowest BCUT2D eigenvalue weighted by Crippen LogP contribution is -2.45. The maximum absolute atomic E-state index is 11.4. The summed E-state index contributed by atoms with van der Waals surface area (Å²) in [6.07, 6.45) is 7.35. The number of aliphatic hydroxyl groups is 1. The highest BCUT2D eigenvalue weighted by atomic mass is 32.2. The van der Waals surface area contributed by atoms with Crippen LogP contribution < -0.4 is 5.32 Å². The average molecular weight is 275 g/mol. The molecule has 2 N–H and O–H groups in total. The Labute approximate surface area is 110 Å². The zero-order chi connectivity index (χ0) is 13.1. The molecule has 2 fully saturated rings. The summed E-state index contributed by atoms with van der Waals surface area (Å²) >= 11 is 0. The molecule has 0 spiro atoms. The van der Waals surface area contributed by atoms with Crippen molar-refractivity contribution in [1.29, 1.82) is 0 Å². The van der Waals surface area contributed by atoms with Gasteiger partial charge in [-0.25, -0.2) is 8.42 Å². The molecule has 0 amide bonds. The van der Waals surface area contributed by atoms with Crippen LogP contribution in [0.5, 0.6) is 0 Å². The molecule has 1 heterocycles. The molecule has 0 radical (unpaired) electrons. The van der Waals surface area contributed by atoms with Crippen molar-refractivity contribution in [3.63, 3.8) is 0 Å². The van der Waals surface area contributed by atoms with Crippen molar-refractivity contribution in [1.82, 2.24) is 5.32 Å². The molecular weight excluding hydrogens is 250 g/mol. The lowest BCUT2D eigenvalue weighted by atomic mass is 9.74. The Bertz CT molecular complexity index is 346. The van der Waals surface area contributed by atoms with Gasteiger partial charge < -0.3 is 10.4 Å². The van der Waals surface area contributed by atoms with E-state index in [-0.39, 0.29) is 12.0 Å². The minimum absolute atomic E-state index is 0.0502. The quantitative estimate of drug-likeness (QED) is 0.806. The first-order valence-electron chi connectivity index (χ1n) is 7.10. The van der Waals surface area contributed by atoms with Crippen LogP contribution in [0, 0.1) is 5.41 Å². The van der Waals surface area contributed by atoms with Gasteiger partial charge in [0, 0.05) is 24.6 Å². The molecule has 106 valence electrons. The zero-order valence-corrected chi connectivity index (χ0v) is 11.8. The van der Waals surface area contributed by atoms with Crippen molar-refractivity contribution in [3.8, 4) is 0 Å². The molecule has 1 aliphatic heterocycles. The van der Waals surface area contributed by atoms with Gasteiger partial charge in [-0.05, 0) is 25.7 Å². The van der Waals surface area contributed by atoms with Crippen molar-refractivity contribution in [2.24, 2.45) is 5.41 Å². The second kappa shape index (κ2) is 5.88. The van der Waals surface area contributed by atoms with Gasteiger partial charge in [0.2, 0.25) is 0 Å². The van der Waals surface area contributed by atoms with Gasteiger partial charge in [-0.3, -0.25) is 0 Å². The van der Waals surface area contributed by atoms with E-state index in [9.17, 15) is 13.5 Å². The molecule has 1 saturated heterocycles. The molecule has 0 aromatic rings. The van der Waals surface area contributed by atoms with Gasteiger partial charge in [0.1, 0.15) is 9.84 Å². The maximum atomic E-state index is 11.4. The van der Waals surface area contributed by atoms with Crippen LogP contribution in [0.1, 0.15) is 44.9 Å². The van der Waals surface area contributed by atoms with E-state index in [4.69, 9.17) is 0 Å². The highest BCUT2D eigenvalue weighted by Gasteiger charge is 2.32. The summed E-state index contributed by atoms with van der Waals surface area (Å²) in [6.45, 7) is 1.10. The fraction of sp³-hybridized carbons (Fsp3) is 1.00. The summed E-state index contributed by atoms with van der Waals surface area (Å²) in [5.41, 5.74) is 0.0502. The molecule has 0 aromatic heterocycles. The normalized spacial score (nSPS) is 28.1. The van der Waals surface area contributed by atoms with Gasteiger partial charge >= 0.3 is 0 Å². The Morgan fingerprint density at radius 1 is 1.11 bits per heavy atom. The Balaban J connectivity index is 1.80. The standard InChI is InChI=1S/C13H25NO3S/c15-11-13(6-2-1-3-7-13)10-14-12-4-8-18(16,17)9-5-12/h12,14-15H,1-11H2. The van der Waals surface area contributed by atoms with Crippen molar-refractivity contribution < 1.29 is 13.5 Å². The first kappa shape index (κ1) is 14.3. The number of rotatable bonds is 4. The van der Waals surface area contributed by atoms with E-state index in [2.05, 4.69) is 5.32 Å². The van der Waals surface area contributed by atoms with E-state index in [0.717, 1.165) is 32.2 Å². The summed E-state index contributed by atoms with van der Waals surface area (Å²) < 4.78 is 22.7. The molecule has 1 aliphatic carbocycles. The summed E-state index contributed by atoms with van der Waals surface area (Å²) in [7, 11) is -2.77. The number of nitrogens with one attached hydrogen (secondary N) is 1. The molecule has 0 unspecified atom stereocenters. The Morgan fingerprint density at radius 3 is 2.28 bits per heavy atom. The van der Waals surface area contributed by atoms with Crippen LogP contribution in [-0.2, 0) is 9.84 Å². The van der Waals surface area contributed by atoms with Crippen LogP contribution in [0.15, 0.2) is 0 Å². The third-order valence-electron chi connectivity index (χ3n) is 4.57. The van der Waals surface area contributed by atoms with E-state index in [1.54, 1.807) is 0 Å². The minimum atomic E-state index is -2.77. The largest absolute Gasteiger partial charge is 0.396 e. The molecule has 1 saturated carbocycles. The van der Waals surface area contributed by atoms with Crippen LogP contribution >= 0.6 is 0 Å². The SMILES string of the molecule is O=S1(=O)CCC(NCC2(CO)CCCCC2)CC1. The van der Waals surface area contributed by atoms with Gasteiger partial charge in [-0.2, -0.15) is 0 Å². The molecule has 2 rings (SSSR count). The third-order valence-corrected chi connectivity index (χ3v) is 6.29.